The largest absolute Gasteiger partial charge is 0.494 e. The van der Waals surface area contributed by atoms with Crippen LogP contribution in [0.4, 0.5) is 0 Å². The van der Waals surface area contributed by atoms with Crippen molar-refractivity contribution >= 4 is 33.2 Å². The predicted octanol–water partition coefficient (Wildman–Crippen LogP) is 4.84. The molecule has 1 amide bonds. The van der Waals surface area contributed by atoms with Crippen LogP contribution < -0.4 is 10.1 Å². The van der Waals surface area contributed by atoms with E-state index in [0.29, 0.717) is 19.5 Å². The van der Waals surface area contributed by atoms with Crippen molar-refractivity contribution in [2.24, 2.45) is 5.92 Å². The van der Waals surface area contributed by atoms with Crippen molar-refractivity contribution in [1.82, 2.24) is 9.62 Å². The number of piperidine rings is 1. The molecule has 0 radical (unpaired) electrons. The first kappa shape index (κ1) is 30.4. The molecule has 1 saturated heterocycles. The lowest BCUT2D eigenvalue weighted by molar-refractivity contribution is -0.125. The maximum atomic E-state index is 13.5. The van der Waals surface area contributed by atoms with Crippen LogP contribution in [0.15, 0.2) is 9.59 Å². The van der Waals surface area contributed by atoms with E-state index in [9.17, 15) is 18.0 Å². The van der Waals surface area contributed by atoms with Crippen molar-refractivity contribution in [3.8, 4) is 5.75 Å². The van der Waals surface area contributed by atoms with Gasteiger partial charge in [0.1, 0.15) is 5.56 Å². The van der Waals surface area contributed by atoms with E-state index in [1.807, 2.05) is 0 Å². The Bertz CT molecular complexity index is 891. The summed E-state index contributed by atoms with van der Waals surface area (Å²) >= 11 is 0.956. The summed E-state index contributed by atoms with van der Waals surface area (Å²) in [6, 6.07) is -0.320. The Labute approximate surface area is 209 Å². The fourth-order valence-corrected chi connectivity index (χ4v) is 7.86. The Morgan fingerprint density at radius 3 is 2.26 bits per heavy atom. The number of hydrogen-bond donors (Lipinski definition) is 1. The summed E-state index contributed by atoms with van der Waals surface area (Å²) < 4.78 is 38.5. The normalized spacial score (nSPS) is 20.1. The van der Waals surface area contributed by atoms with Gasteiger partial charge in [0.2, 0.25) is 5.91 Å². The van der Waals surface area contributed by atoms with Gasteiger partial charge in [-0.2, -0.15) is 4.31 Å². The van der Waals surface area contributed by atoms with E-state index in [1.54, 1.807) is 0 Å². The van der Waals surface area contributed by atoms with E-state index >= 15 is 0 Å². The van der Waals surface area contributed by atoms with Gasteiger partial charge in [-0.25, -0.2) is 13.2 Å². The monoisotopic (exact) mass is 518 g/mol. The Kier molecular flexibility index (Phi) is 12.5. The van der Waals surface area contributed by atoms with Crippen molar-refractivity contribution in [1.29, 1.82) is 0 Å². The van der Waals surface area contributed by atoms with Gasteiger partial charge in [-0.3, -0.25) is 4.79 Å². The summed E-state index contributed by atoms with van der Waals surface area (Å²) in [6.07, 6.45) is 9.89. The molecule has 2 heterocycles. The first-order valence-corrected chi connectivity index (χ1v) is 13.8. The molecule has 196 valence electrons. The minimum atomic E-state index is -3.89. The molecule has 0 bridgehead atoms. The van der Waals surface area contributed by atoms with E-state index in [2.05, 4.69) is 5.32 Å². The second kappa shape index (κ2) is 14.0. The smallest absolute Gasteiger partial charge is 0.342 e. The minimum Gasteiger partial charge on any atom is -0.494 e. The number of carbonyl (C=O) groups is 2. The fourth-order valence-electron chi connectivity index (χ4n) is 4.63. The number of nitrogens with zero attached hydrogens (tertiary/aromatic N) is 1. The number of sulfonamides is 1. The summed E-state index contributed by atoms with van der Waals surface area (Å²) in [7, 11) is -1.30. The Hall–Kier alpha value is -1.65. The molecule has 1 aliphatic heterocycles. The number of nitrogens with one attached hydrogen (secondary N) is 1. The van der Waals surface area contributed by atoms with Gasteiger partial charge in [0, 0.05) is 30.4 Å². The zero-order valence-corrected chi connectivity index (χ0v) is 20.6. The van der Waals surface area contributed by atoms with Crippen LogP contribution in [-0.4, -0.2) is 58.0 Å². The van der Waals surface area contributed by atoms with Crippen LogP contribution in [0.25, 0.3) is 0 Å². The molecule has 2 fully saturated rings. The number of esters is 1. The molecule has 1 aromatic heterocycles. The Balaban J connectivity index is 0.00000289. The third kappa shape index (κ3) is 6.95. The summed E-state index contributed by atoms with van der Waals surface area (Å²) in [5.74, 6) is -0.564. The quantitative estimate of drug-likeness (QED) is 0.519. The number of hydrogen-bond acceptors (Lipinski definition) is 7. The lowest BCUT2D eigenvalue weighted by Crippen LogP contribution is -2.49. The highest BCUT2D eigenvalue weighted by atomic mass is 32.2. The number of rotatable bonds is 7. The fraction of sp³-hybridized carbons (Fsp3) is 0.750. The highest BCUT2D eigenvalue weighted by Crippen LogP contribution is 2.38. The Morgan fingerprint density at radius 1 is 1.03 bits per heavy atom. The molecule has 1 atom stereocenters. The number of carbonyl (C=O) groups excluding carboxylic acids is 2. The molecular formula is C24H42N2O6S2. The SMILES string of the molecule is C.C.COC(=O)c1csc(S(=O)(=O)N2CCCCC2CNC(=O)C2CCCCCCC2)c1OC. The number of methoxy groups -OCH3 is 2. The van der Waals surface area contributed by atoms with Gasteiger partial charge in [-0.1, -0.05) is 53.4 Å². The van der Waals surface area contributed by atoms with E-state index < -0.39 is 16.0 Å². The van der Waals surface area contributed by atoms with Crippen molar-refractivity contribution in [3.05, 3.63) is 10.9 Å². The molecule has 1 aromatic rings. The molecule has 1 N–H and O–H groups in total. The molecular weight excluding hydrogens is 476 g/mol. The van der Waals surface area contributed by atoms with Gasteiger partial charge in [-0.15, -0.1) is 11.3 Å². The van der Waals surface area contributed by atoms with Crippen LogP contribution in [0.3, 0.4) is 0 Å². The van der Waals surface area contributed by atoms with Crippen LogP contribution in [0.2, 0.25) is 0 Å². The van der Waals surface area contributed by atoms with Gasteiger partial charge in [0.05, 0.1) is 14.2 Å². The summed E-state index contributed by atoms with van der Waals surface area (Å²) in [5.41, 5.74) is 0.102. The number of ether oxygens (including phenoxy) is 2. The maximum Gasteiger partial charge on any atom is 0.342 e. The van der Waals surface area contributed by atoms with Gasteiger partial charge in [0.15, 0.2) is 9.96 Å². The lowest BCUT2D eigenvalue weighted by atomic mass is 9.90. The van der Waals surface area contributed by atoms with Crippen LogP contribution in [0.1, 0.15) is 89.4 Å². The van der Waals surface area contributed by atoms with Crippen molar-refractivity contribution in [3.63, 3.8) is 0 Å². The molecule has 1 saturated carbocycles. The topological polar surface area (TPSA) is 102 Å². The molecule has 1 unspecified atom stereocenters. The highest BCUT2D eigenvalue weighted by molar-refractivity contribution is 7.91. The van der Waals surface area contributed by atoms with Crippen LogP contribution >= 0.6 is 11.3 Å². The van der Waals surface area contributed by atoms with Gasteiger partial charge in [-0.05, 0) is 25.7 Å². The molecule has 0 spiro atoms. The van der Waals surface area contributed by atoms with Gasteiger partial charge in [0.25, 0.3) is 10.0 Å². The minimum absolute atomic E-state index is 0. The number of thiophene rings is 1. The van der Waals surface area contributed by atoms with Gasteiger partial charge < -0.3 is 14.8 Å². The van der Waals surface area contributed by atoms with Crippen LogP contribution in [-0.2, 0) is 19.6 Å². The maximum absolute atomic E-state index is 13.5. The third-order valence-electron chi connectivity index (χ3n) is 6.43. The molecule has 34 heavy (non-hydrogen) atoms. The molecule has 3 rings (SSSR count). The molecule has 1 aliphatic carbocycles. The van der Waals surface area contributed by atoms with E-state index in [4.69, 9.17) is 9.47 Å². The zero-order chi connectivity index (χ0) is 23.1. The second-order valence-corrected chi connectivity index (χ2v) is 11.5. The molecule has 0 aromatic carbocycles. The van der Waals surface area contributed by atoms with Crippen LogP contribution in [0, 0.1) is 5.92 Å². The summed E-state index contributed by atoms with van der Waals surface area (Å²) in [4.78, 5) is 24.8. The summed E-state index contributed by atoms with van der Waals surface area (Å²) in [6.45, 7) is 0.674. The molecule has 2 aliphatic rings. The van der Waals surface area contributed by atoms with Gasteiger partial charge >= 0.3 is 5.97 Å². The van der Waals surface area contributed by atoms with E-state index in [1.165, 1.54) is 43.2 Å². The highest BCUT2D eigenvalue weighted by Gasteiger charge is 2.38. The second-order valence-electron chi connectivity index (χ2n) is 8.51. The average Bonchev–Trinajstić information content (AvgIpc) is 3.22. The standard InChI is InChI=1S/C22H34N2O6S2.2CH4/c1-29-19-18(21(26)30-2)15-31-22(19)32(27,28)24-13-9-8-12-17(24)14-23-20(25)16-10-6-4-3-5-7-11-16;;/h15-17H,3-14H2,1-2H3,(H,23,25);2*1H4. The van der Waals surface area contributed by atoms with Crippen LogP contribution in [0.5, 0.6) is 5.75 Å². The van der Waals surface area contributed by atoms with Crippen molar-refractivity contribution in [2.45, 2.75) is 89.3 Å². The van der Waals surface area contributed by atoms with E-state index in [0.717, 1.165) is 49.9 Å². The van der Waals surface area contributed by atoms with Crippen molar-refractivity contribution in [2.75, 3.05) is 27.3 Å². The first-order valence-electron chi connectivity index (χ1n) is 11.4. The first-order chi connectivity index (χ1) is 15.4. The zero-order valence-electron chi connectivity index (χ0n) is 18.9. The Morgan fingerprint density at radius 2 is 1.65 bits per heavy atom. The number of amides is 1. The average molecular weight is 519 g/mol. The third-order valence-corrected chi connectivity index (χ3v) is 9.85. The molecule has 10 heteroatoms. The predicted molar refractivity (Wildman–Crippen MR) is 136 cm³/mol. The summed E-state index contributed by atoms with van der Waals surface area (Å²) in [5, 5.41) is 4.49. The van der Waals surface area contributed by atoms with E-state index in [-0.39, 0.29) is 48.2 Å². The lowest BCUT2D eigenvalue weighted by Gasteiger charge is -2.35. The molecule has 8 nitrogen and oxygen atoms in total. The van der Waals surface area contributed by atoms with Crippen molar-refractivity contribution < 1.29 is 27.5 Å².